The number of hydrogen-bond donors (Lipinski definition) is 2. The van der Waals surface area contributed by atoms with Gasteiger partial charge in [0.25, 0.3) is 0 Å². The SMILES string of the molecule is CC(C)(S)CN.CC1(C)CCC(C)(C)S1.CC1(C)CN(C=O)C(C)(C)S1.O=C=O.O=C=O.O=C=O. The number of thiol groups is 1. The van der Waals surface area contributed by atoms with E-state index < -0.39 is 0 Å². The predicted octanol–water partition coefficient (Wildman–Crippen LogP) is 3.68. The van der Waals surface area contributed by atoms with E-state index >= 15 is 0 Å². The van der Waals surface area contributed by atoms with Crippen molar-refractivity contribution in [2.45, 2.75) is 106 Å². The van der Waals surface area contributed by atoms with Crippen LogP contribution in [0.5, 0.6) is 0 Å². The second-order valence-electron chi connectivity index (χ2n) is 10.4. The molecule has 0 spiro atoms. The molecular weight excluding hydrogens is 512 g/mol. The van der Waals surface area contributed by atoms with Gasteiger partial charge in [0.15, 0.2) is 0 Å². The van der Waals surface area contributed by atoms with Gasteiger partial charge >= 0.3 is 18.5 Å². The molecule has 204 valence electrons. The molecule has 1 amide bonds. The number of nitrogens with two attached hydrogens (primary N) is 1. The summed E-state index contributed by atoms with van der Waals surface area (Å²) in [4.78, 5) is 61.2. The molecule has 2 rings (SSSR count). The highest BCUT2D eigenvalue weighted by Gasteiger charge is 2.42. The lowest BCUT2D eigenvalue weighted by atomic mass is 10.0. The van der Waals surface area contributed by atoms with E-state index in [-0.39, 0.29) is 32.8 Å². The van der Waals surface area contributed by atoms with Crippen molar-refractivity contribution in [1.29, 1.82) is 0 Å². The highest BCUT2D eigenvalue weighted by atomic mass is 32.2. The number of thioether (sulfide) groups is 2. The summed E-state index contributed by atoms with van der Waals surface area (Å²) in [5.41, 5.74) is 5.23. The van der Waals surface area contributed by atoms with Crippen LogP contribution in [0.4, 0.5) is 0 Å². The summed E-state index contributed by atoms with van der Waals surface area (Å²) in [7, 11) is 0. The summed E-state index contributed by atoms with van der Waals surface area (Å²) in [6, 6.07) is 0. The maximum absolute atomic E-state index is 10.6. The third kappa shape index (κ3) is 27.1. The molecular formula is C23H42N2O7S3. The zero-order valence-corrected chi connectivity index (χ0v) is 25.1. The fourth-order valence-electron chi connectivity index (χ4n) is 2.98. The monoisotopic (exact) mass is 554 g/mol. The molecule has 0 radical (unpaired) electrons. The molecule has 2 saturated heterocycles. The van der Waals surface area contributed by atoms with Gasteiger partial charge in [-0.15, -0.1) is 23.5 Å². The Morgan fingerprint density at radius 2 is 1.09 bits per heavy atom. The van der Waals surface area contributed by atoms with Gasteiger partial charge in [0.05, 0.1) is 4.87 Å². The molecule has 2 fully saturated rings. The van der Waals surface area contributed by atoms with Crippen LogP contribution in [0.3, 0.4) is 0 Å². The number of rotatable bonds is 2. The van der Waals surface area contributed by atoms with Crippen LogP contribution in [0.15, 0.2) is 0 Å². The minimum absolute atomic E-state index is 0.0139. The Bertz CT molecular complexity index is 658. The molecule has 0 bridgehead atoms. The van der Waals surface area contributed by atoms with E-state index in [2.05, 4.69) is 79.8 Å². The van der Waals surface area contributed by atoms with Gasteiger partial charge in [-0.1, -0.05) is 27.7 Å². The molecule has 0 aliphatic carbocycles. The zero-order valence-electron chi connectivity index (χ0n) is 22.6. The molecule has 0 aromatic heterocycles. The molecule has 0 atom stereocenters. The van der Waals surface area contributed by atoms with Gasteiger partial charge in [-0.25, -0.2) is 0 Å². The second-order valence-corrected chi connectivity index (χ2v) is 16.4. The lowest BCUT2D eigenvalue weighted by Crippen LogP contribution is -2.35. The standard InChI is InChI=1S/C8H15NOS.C8H16S.C4H11NS.3CO2/c1-7(2)5-9(6-10)8(3,4)11-7;1-7(2)5-6-8(3,4)9-7;1-4(2,6)3-5;3*2-1-3/h6H,5H2,1-4H3;5-6H2,1-4H3;6H,3,5H2,1-2H3;;;. The number of carbonyl (C=O) groups is 1. The van der Waals surface area contributed by atoms with Crippen LogP contribution in [0.25, 0.3) is 0 Å². The van der Waals surface area contributed by atoms with E-state index in [1.54, 1.807) is 0 Å². The lowest BCUT2D eigenvalue weighted by Gasteiger charge is -2.25. The normalized spacial score (nSPS) is 19.1. The van der Waals surface area contributed by atoms with E-state index in [0.29, 0.717) is 16.0 Å². The van der Waals surface area contributed by atoms with Gasteiger partial charge in [-0.3, -0.25) is 4.79 Å². The molecule has 9 nitrogen and oxygen atoms in total. The van der Waals surface area contributed by atoms with Gasteiger partial charge in [0, 0.05) is 32.1 Å². The van der Waals surface area contributed by atoms with Crippen LogP contribution >= 0.6 is 36.2 Å². The molecule has 35 heavy (non-hydrogen) atoms. The van der Waals surface area contributed by atoms with Gasteiger partial charge in [-0.05, 0) is 54.4 Å². The molecule has 0 unspecified atom stereocenters. The Morgan fingerprint density at radius 1 is 0.800 bits per heavy atom. The fraction of sp³-hybridized carbons (Fsp3) is 0.826. The minimum Gasteiger partial charge on any atom is -0.330 e. The Kier molecular flexibility index (Phi) is 21.9. The summed E-state index contributed by atoms with van der Waals surface area (Å²) < 4.78 is 1.32. The van der Waals surface area contributed by atoms with Crippen molar-refractivity contribution in [1.82, 2.24) is 4.90 Å². The highest BCUT2D eigenvalue weighted by Crippen LogP contribution is 2.49. The van der Waals surface area contributed by atoms with Gasteiger partial charge in [-0.2, -0.15) is 41.4 Å². The molecule has 2 N–H and O–H groups in total. The van der Waals surface area contributed by atoms with Crippen molar-refractivity contribution in [3.05, 3.63) is 0 Å². The molecule has 0 saturated carbocycles. The topological polar surface area (TPSA) is 149 Å². The summed E-state index contributed by atoms with van der Waals surface area (Å²) in [6.45, 7) is 23.3. The molecule has 2 aliphatic rings. The van der Waals surface area contributed by atoms with Gasteiger partial charge < -0.3 is 10.6 Å². The van der Waals surface area contributed by atoms with Crippen molar-refractivity contribution < 1.29 is 33.6 Å². The maximum Gasteiger partial charge on any atom is 0.373 e. The molecule has 0 aromatic carbocycles. The maximum atomic E-state index is 10.6. The smallest absolute Gasteiger partial charge is 0.330 e. The Labute approximate surface area is 223 Å². The summed E-state index contributed by atoms with van der Waals surface area (Å²) in [6.07, 6.45) is 4.46. The van der Waals surface area contributed by atoms with Crippen LogP contribution in [-0.4, -0.2) is 66.7 Å². The molecule has 2 heterocycles. The number of carbonyl (C=O) groups excluding carboxylic acids is 7. The average Bonchev–Trinajstić information content (AvgIpc) is 3.05. The Morgan fingerprint density at radius 3 is 1.17 bits per heavy atom. The number of amides is 1. The Balaban J connectivity index is -0.000000180. The van der Waals surface area contributed by atoms with E-state index in [4.69, 9.17) is 34.5 Å². The third-order valence-corrected chi connectivity index (χ3v) is 7.39. The van der Waals surface area contributed by atoms with Gasteiger partial charge in [0.1, 0.15) is 0 Å². The van der Waals surface area contributed by atoms with E-state index in [0.717, 1.165) is 13.0 Å². The predicted molar refractivity (Wildman–Crippen MR) is 141 cm³/mol. The minimum atomic E-state index is -0.0226. The summed E-state index contributed by atoms with van der Waals surface area (Å²) in [5.74, 6) is 0. The molecule has 0 aromatic rings. The van der Waals surface area contributed by atoms with Crippen LogP contribution in [0, 0.1) is 0 Å². The third-order valence-electron chi connectivity index (χ3n) is 4.28. The summed E-state index contributed by atoms with van der Waals surface area (Å²) in [5, 5.41) is 0. The first-order chi connectivity index (χ1) is 15.6. The quantitative estimate of drug-likeness (QED) is 0.382. The second kappa shape index (κ2) is 18.8. The number of nitrogens with zero attached hydrogens (tertiary/aromatic N) is 1. The van der Waals surface area contributed by atoms with E-state index in [1.165, 1.54) is 12.8 Å². The first-order valence-corrected chi connectivity index (χ1v) is 12.7. The highest BCUT2D eigenvalue weighted by molar-refractivity contribution is 8.02. The summed E-state index contributed by atoms with van der Waals surface area (Å²) >= 11 is 8.11. The Hall–Kier alpha value is -1.38. The van der Waals surface area contributed by atoms with Crippen molar-refractivity contribution in [2.75, 3.05) is 13.1 Å². The van der Waals surface area contributed by atoms with Crippen LogP contribution in [-0.2, 0) is 33.6 Å². The first kappa shape index (κ1) is 40.8. The first-order valence-electron chi connectivity index (χ1n) is 10.6. The zero-order chi connectivity index (χ0) is 29.1. The largest absolute Gasteiger partial charge is 0.373 e. The molecule has 12 heteroatoms. The molecule has 2 aliphatic heterocycles. The van der Waals surface area contributed by atoms with Crippen molar-refractivity contribution in [2.24, 2.45) is 5.73 Å². The van der Waals surface area contributed by atoms with Crippen LogP contribution < -0.4 is 5.73 Å². The van der Waals surface area contributed by atoms with Gasteiger partial charge in [0.2, 0.25) is 6.41 Å². The number of hydrogen-bond acceptors (Lipinski definition) is 11. The average molecular weight is 555 g/mol. The fourth-order valence-corrected chi connectivity index (χ4v) is 6.67. The van der Waals surface area contributed by atoms with Crippen LogP contribution in [0.1, 0.15) is 82.1 Å². The van der Waals surface area contributed by atoms with E-state index in [1.807, 2.05) is 30.5 Å². The van der Waals surface area contributed by atoms with E-state index in [9.17, 15) is 4.79 Å². The van der Waals surface area contributed by atoms with Crippen molar-refractivity contribution in [3.8, 4) is 0 Å². The van der Waals surface area contributed by atoms with Crippen LogP contribution in [0.2, 0.25) is 0 Å². The van der Waals surface area contributed by atoms with Crippen molar-refractivity contribution >= 4 is 61.0 Å². The lowest BCUT2D eigenvalue weighted by molar-refractivity contribution is -0.193. The van der Waals surface area contributed by atoms with Crippen molar-refractivity contribution in [3.63, 3.8) is 0 Å².